The van der Waals surface area contributed by atoms with Crippen molar-refractivity contribution >= 4 is 48.5 Å². The van der Waals surface area contributed by atoms with E-state index in [-0.39, 0.29) is 0 Å². The van der Waals surface area contributed by atoms with Gasteiger partial charge in [-0.3, -0.25) is 0 Å². The highest BCUT2D eigenvalue weighted by Crippen LogP contribution is 2.41. The molecule has 0 radical (unpaired) electrons. The molecule has 2 heteroatoms. The molecule has 0 amide bonds. The first kappa shape index (κ1) is 13.4. The van der Waals surface area contributed by atoms with Crippen molar-refractivity contribution in [3.05, 3.63) is 66.4 Å². The van der Waals surface area contributed by atoms with Crippen molar-refractivity contribution in [3.63, 3.8) is 0 Å². The van der Waals surface area contributed by atoms with E-state index >= 15 is 0 Å². The maximum Gasteiger partial charge on any atom is 0.0493 e. The van der Waals surface area contributed by atoms with E-state index in [0.717, 1.165) is 0 Å². The molecule has 2 aromatic heterocycles. The zero-order valence-corrected chi connectivity index (χ0v) is 13.6. The van der Waals surface area contributed by atoms with Crippen LogP contribution in [-0.4, -0.2) is 4.57 Å². The summed E-state index contributed by atoms with van der Waals surface area (Å²) in [6.45, 7) is 5.99. The predicted octanol–water partition coefficient (Wildman–Crippen LogP) is 6.05. The molecule has 0 spiro atoms. The second-order valence-electron chi connectivity index (χ2n) is 5.58. The van der Waals surface area contributed by atoms with Gasteiger partial charge in [0.05, 0.1) is 0 Å². The minimum Gasteiger partial charge on any atom is -0.347 e. The molecule has 0 saturated carbocycles. The van der Waals surface area contributed by atoms with Crippen LogP contribution in [0.3, 0.4) is 0 Å². The molecule has 0 aliphatic rings. The Labute approximate surface area is 133 Å². The maximum atomic E-state index is 3.80. The van der Waals surface area contributed by atoms with Crippen molar-refractivity contribution in [1.29, 1.82) is 0 Å². The molecule has 4 aromatic rings. The van der Waals surface area contributed by atoms with Crippen LogP contribution in [-0.2, 0) is 7.05 Å². The molecule has 2 aromatic carbocycles. The molecular formula is C20H17NS. The van der Waals surface area contributed by atoms with Crippen LogP contribution < -0.4 is 0 Å². The number of nitrogens with zero attached hydrogens (tertiary/aromatic N) is 1. The zero-order chi connectivity index (χ0) is 15.3. The number of rotatable bonds is 2. The summed E-state index contributed by atoms with van der Waals surface area (Å²) >= 11 is 1.87. The highest BCUT2D eigenvalue weighted by Gasteiger charge is 2.15. The molecule has 0 N–H and O–H groups in total. The minimum absolute atomic E-state index is 1.29. The Balaban J connectivity index is 2.29. The molecule has 0 saturated heterocycles. The van der Waals surface area contributed by atoms with Crippen molar-refractivity contribution in [2.45, 2.75) is 6.92 Å². The van der Waals surface area contributed by atoms with Crippen molar-refractivity contribution in [2.75, 3.05) is 0 Å². The SMILES string of the molecule is C=C/C=C\c1c(C)n(C)c2ccc3sc4ccccc4c3c12. The summed E-state index contributed by atoms with van der Waals surface area (Å²) in [5.41, 5.74) is 3.87. The van der Waals surface area contributed by atoms with Crippen molar-refractivity contribution in [1.82, 2.24) is 4.57 Å². The van der Waals surface area contributed by atoms with E-state index in [1.54, 1.807) is 0 Å². The first-order valence-electron chi connectivity index (χ1n) is 7.40. The first-order chi connectivity index (χ1) is 10.7. The van der Waals surface area contributed by atoms with E-state index < -0.39 is 0 Å². The predicted molar refractivity (Wildman–Crippen MR) is 99.8 cm³/mol. The van der Waals surface area contributed by atoms with Crippen molar-refractivity contribution in [3.8, 4) is 0 Å². The summed E-state index contributed by atoms with van der Waals surface area (Å²) in [6.07, 6.45) is 6.04. The Morgan fingerprint density at radius 1 is 1.05 bits per heavy atom. The number of hydrogen-bond acceptors (Lipinski definition) is 1. The highest BCUT2D eigenvalue weighted by atomic mass is 32.1. The minimum atomic E-state index is 1.29. The van der Waals surface area contributed by atoms with Gasteiger partial charge in [0.15, 0.2) is 0 Å². The van der Waals surface area contributed by atoms with Crippen LogP contribution >= 0.6 is 11.3 Å². The van der Waals surface area contributed by atoms with Crippen molar-refractivity contribution in [2.24, 2.45) is 7.05 Å². The fourth-order valence-electron chi connectivity index (χ4n) is 3.27. The number of allylic oxidation sites excluding steroid dienone is 2. The van der Waals surface area contributed by atoms with Gasteiger partial charge in [0.1, 0.15) is 0 Å². The monoisotopic (exact) mass is 303 g/mol. The van der Waals surface area contributed by atoms with Crippen LogP contribution in [0.15, 0.2) is 55.1 Å². The molecule has 0 aliphatic carbocycles. The quantitative estimate of drug-likeness (QED) is 0.397. The van der Waals surface area contributed by atoms with Gasteiger partial charge in [-0.1, -0.05) is 43.0 Å². The molecule has 0 unspecified atom stereocenters. The second-order valence-corrected chi connectivity index (χ2v) is 6.67. The first-order valence-corrected chi connectivity index (χ1v) is 8.22. The standard InChI is InChI=1S/C20H17NS/c1-4-5-8-14-13(2)21(3)16-11-12-18-20(19(14)16)15-9-6-7-10-17(15)22-18/h4-12H,1H2,2-3H3/b8-5-. The molecule has 1 nitrogen and oxygen atoms in total. The average molecular weight is 303 g/mol. The molecule has 2 heterocycles. The topological polar surface area (TPSA) is 4.93 Å². The van der Waals surface area contributed by atoms with Gasteiger partial charge >= 0.3 is 0 Å². The number of fused-ring (bicyclic) bond motifs is 5. The highest BCUT2D eigenvalue weighted by molar-refractivity contribution is 7.26. The van der Waals surface area contributed by atoms with Gasteiger partial charge in [-0.25, -0.2) is 0 Å². The molecule has 4 rings (SSSR count). The molecular weight excluding hydrogens is 286 g/mol. The second kappa shape index (κ2) is 4.85. The zero-order valence-electron chi connectivity index (χ0n) is 12.8. The molecule has 22 heavy (non-hydrogen) atoms. The van der Waals surface area contributed by atoms with Gasteiger partial charge in [-0.2, -0.15) is 0 Å². The smallest absolute Gasteiger partial charge is 0.0493 e. The van der Waals surface area contributed by atoms with E-state index in [0.29, 0.717) is 0 Å². The molecule has 0 atom stereocenters. The maximum absolute atomic E-state index is 3.80. The Morgan fingerprint density at radius 2 is 1.86 bits per heavy atom. The summed E-state index contributed by atoms with van der Waals surface area (Å²) < 4.78 is 4.99. The van der Waals surface area contributed by atoms with Gasteiger partial charge in [-0.05, 0) is 25.1 Å². The molecule has 0 fully saturated rings. The lowest BCUT2D eigenvalue weighted by Gasteiger charge is -1.99. The van der Waals surface area contributed by atoms with Gasteiger partial charge < -0.3 is 4.57 Å². The summed E-state index contributed by atoms with van der Waals surface area (Å²) in [5.74, 6) is 0. The Kier molecular flexibility index (Phi) is 2.95. The van der Waals surface area contributed by atoms with E-state index in [9.17, 15) is 0 Å². The van der Waals surface area contributed by atoms with Crippen LogP contribution in [0.1, 0.15) is 11.3 Å². The lowest BCUT2D eigenvalue weighted by Crippen LogP contribution is -1.89. The average Bonchev–Trinajstić information content (AvgIpc) is 3.02. The fraction of sp³-hybridized carbons (Fsp3) is 0.100. The van der Waals surface area contributed by atoms with Gasteiger partial charge in [0.25, 0.3) is 0 Å². The van der Waals surface area contributed by atoms with Crippen LogP contribution in [0.4, 0.5) is 0 Å². The van der Waals surface area contributed by atoms with E-state index in [1.165, 1.54) is 42.3 Å². The lowest BCUT2D eigenvalue weighted by atomic mass is 10.0. The van der Waals surface area contributed by atoms with E-state index in [4.69, 9.17) is 0 Å². The summed E-state index contributed by atoms with van der Waals surface area (Å²) in [6, 6.07) is 13.2. The Morgan fingerprint density at radius 3 is 2.68 bits per heavy atom. The Bertz CT molecular complexity index is 1060. The number of thiophene rings is 1. The molecule has 0 bridgehead atoms. The third kappa shape index (κ3) is 1.71. The number of aromatic nitrogens is 1. The number of aryl methyl sites for hydroxylation is 1. The largest absolute Gasteiger partial charge is 0.347 e. The van der Waals surface area contributed by atoms with Gasteiger partial charge in [0.2, 0.25) is 0 Å². The third-order valence-electron chi connectivity index (χ3n) is 4.44. The van der Waals surface area contributed by atoms with Crippen LogP contribution in [0.5, 0.6) is 0 Å². The number of benzene rings is 2. The van der Waals surface area contributed by atoms with Crippen LogP contribution in [0, 0.1) is 6.92 Å². The third-order valence-corrected chi connectivity index (χ3v) is 5.58. The fourth-order valence-corrected chi connectivity index (χ4v) is 4.38. The van der Waals surface area contributed by atoms with Gasteiger partial charge in [0, 0.05) is 49.4 Å². The van der Waals surface area contributed by atoms with E-state index in [1.807, 2.05) is 23.5 Å². The lowest BCUT2D eigenvalue weighted by molar-refractivity contribution is 0.916. The molecule has 0 aliphatic heterocycles. The van der Waals surface area contributed by atoms with E-state index in [2.05, 4.69) is 67.6 Å². The van der Waals surface area contributed by atoms with Crippen molar-refractivity contribution < 1.29 is 0 Å². The normalized spacial score (nSPS) is 12.1. The molecule has 108 valence electrons. The number of hydrogen-bond donors (Lipinski definition) is 0. The Hall–Kier alpha value is -2.32. The van der Waals surface area contributed by atoms with Crippen LogP contribution in [0.25, 0.3) is 37.2 Å². The summed E-state index contributed by atoms with van der Waals surface area (Å²) in [7, 11) is 2.14. The van der Waals surface area contributed by atoms with Gasteiger partial charge in [-0.15, -0.1) is 11.3 Å². The summed E-state index contributed by atoms with van der Waals surface area (Å²) in [4.78, 5) is 0. The summed E-state index contributed by atoms with van der Waals surface area (Å²) in [5, 5.41) is 4.09. The van der Waals surface area contributed by atoms with Crippen LogP contribution in [0.2, 0.25) is 0 Å².